The average Bonchev–Trinajstić information content (AvgIpc) is 2.26. The fourth-order valence-corrected chi connectivity index (χ4v) is 1.28. The maximum absolute atomic E-state index is 11.2. The lowest BCUT2D eigenvalue weighted by Crippen LogP contribution is -2.15. The van der Waals surface area contributed by atoms with Gasteiger partial charge in [0.15, 0.2) is 0 Å². The Morgan fingerprint density at radius 2 is 1.89 bits per heavy atom. The molecule has 0 amide bonds. The molecule has 0 aliphatic carbocycles. The van der Waals surface area contributed by atoms with Gasteiger partial charge in [0, 0.05) is 12.5 Å². The van der Waals surface area contributed by atoms with Crippen molar-refractivity contribution < 1.29 is 33.4 Å². The van der Waals surface area contributed by atoms with Gasteiger partial charge in [-0.15, -0.1) is 0 Å². The zero-order valence-corrected chi connectivity index (χ0v) is 11.0. The van der Waals surface area contributed by atoms with Crippen molar-refractivity contribution in [2.45, 2.75) is 25.4 Å². The van der Waals surface area contributed by atoms with Crippen LogP contribution in [-0.4, -0.2) is 40.6 Å². The van der Waals surface area contributed by atoms with Crippen molar-refractivity contribution in [3.8, 4) is 0 Å². The van der Waals surface area contributed by atoms with Crippen LogP contribution in [0.4, 0.5) is 0 Å². The molecule has 0 fully saturated rings. The molecule has 0 bridgehead atoms. The predicted molar refractivity (Wildman–Crippen MR) is 62.9 cm³/mol. The molecule has 1 atom stereocenters. The Labute approximate surface area is 105 Å². The molecule has 0 aliphatic rings. The van der Waals surface area contributed by atoms with Gasteiger partial charge in [-0.2, -0.15) is 0 Å². The topological polar surface area (TPSA) is 110 Å². The number of hydrogen-bond donors (Lipinski definition) is 2. The summed E-state index contributed by atoms with van der Waals surface area (Å²) in [7, 11) is -4.25. The smallest absolute Gasteiger partial charge is 0.330 e. The van der Waals surface area contributed by atoms with Gasteiger partial charge in [0.2, 0.25) is 0 Å². The number of rotatable bonds is 8. The Morgan fingerprint density at radius 3 is 2.39 bits per heavy atom. The first-order chi connectivity index (χ1) is 8.27. The Morgan fingerprint density at radius 1 is 1.33 bits per heavy atom. The molecule has 0 saturated heterocycles. The maximum Gasteiger partial charge on any atom is 0.330 e. The average molecular weight is 280 g/mol. The van der Waals surface area contributed by atoms with Crippen molar-refractivity contribution in [2.24, 2.45) is 0 Å². The van der Waals surface area contributed by atoms with Crippen molar-refractivity contribution in [3.05, 3.63) is 12.7 Å². The van der Waals surface area contributed by atoms with Gasteiger partial charge < -0.3 is 19.3 Å². The summed E-state index contributed by atoms with van der Waals surface area (Å²) in [6, 6.07) is 0. The molecule has 104 valence electrons. The van der Waals surface area contributed by atoms with Crippen molar-refractivity contribution in [1.29, 1.82) is 0 Å². The lowest BCUT2D eigenvalue weighted by Gasteiger charge is -2.12. The molecule has 0 aromatic rings. The molecule has 2 N–H and O–H groups in total. The van der Waals surface area contributed by atoms with Crippen LogP contribution in [0.3, 0.4) is 0 Å². The van der Waals surface area contributed by atoms with E-state index in [0.717, 1.165) is 6.08 Å². The summed E-state index contributed by atoms with van der Waals surface area (Å²) in [6.45, 7) is 4.60. The van der Waals surface area contributed by atoms with E-state index in [1.807, 2.05) is 0 Å². The summed E-state index contributed by atoms with van der Waals surface area (Å²) < 4.78 is 20.1. The molecule has 8 heteroatoms. The molecule has 0 aliphatic heterocycles. The molecule has 0 rings (SSSR count). The summed E-state index contributed by atoms with van der Waals surface area (Å²) in [5.74, 6) is -1.25. The number of carbonyl (C=O) groups excluding carboxylic acids is 2. The van der Waals surface area contributed by atoms with E-state index in [1.54, 1.807) is 0 Å². The maximum atomic E-state index is 11.2. The normalized spacial score (nSPS) is 12.6. The van der Waals surface area contributed by atoms with Gasteiger partial charge in [0.1, 0.15) is 0 Å². The third kappa shape index (κ3) is 8.00. The fourth-order valence-electron chi connectivity index (χ4n) is 0.896. The quantitative estimate of drug-likeness (QED) is 0.290. The molecule has 0 aromatic carbocycles. The standard InChI is InChI=1S/C10H17O7P/c1-3-9(11)16-5-4-6-17-10(12)7-8(2)18(13,14)15/h3,8H,1,4-7H2,2H3,(H2,13,14,15). The van der Waals surface area contributed by atoms with Gasteiger partial charge >= 0.3 is 19.5 Å². The number of esters is 2. The van der Waals surface area contributed by atoms with E-state index in [0.29, 0.717) is 6.42 Å². The highest BCUT2D eigenvalue weighted by Gasteiger charge is 2.26. The van der Waals surface area contributed by atoms with Crippen LogP contribution in [0, 0.1) is 0 Å². The Hall–Kier alpha value is -1.17. The molecule has 18 heavy (non-hydrogen) atoms. The van der Waals surface area contributed by atoms with Crippen LogP contribution in [0.5, 0.6) is 0 Å². The van der Waals surface area contributed by atoms with Gasteiger partial charge in [-0.3, -0.25) is 9.36 Å². The Balaban J connectivity index is 3.69. The number of carbonyl (C=O) groups is 2. The first-order valence-electron chi connectivity index (χ1n) is 5.27. The summed E-state index contributed by atoms with van der Waals surface area (Å²) in [4.78, 5) is 39.3. The van der Waals surface area contributed by atoms with Crippen molar-refractivity contribution >= 4 is 19.5 Å². The molecular weight excluding hydrogens is 263 g/mol. The second-order valence-corrected chi connectivity index (χ2v) is 5.65. The highest BCUT2D eigenvalue weighted by Crippen LogP contribution is 2.42. The Bertz CT molecular complexity index is 346. The molecule has 0 spiro atoms. The van der Waals surface area contributed by atoms with Crippen LogP contribution in [0.1, 0.15) is 19.8 Å². The summed E-state index contributed by atoms with van der Waals surface area (Å²) in [5, 5.41) is 0. The van der Waals surface area contributed by atoms with E-state index in [-0.39, 0.29) is 19.6 Å². The largest absolute Gasteiger partial charge is 0.466 e. The van der Waals surface area contributed by atoms with Crippen LogP contribution in [0.15, 0.2) is 12.7 Å². The van der Waals surface area contributed by atoms with Crippen LogP contribution >= 0.6 is 7.60 Å². The first-order valence-corrected chi connectivity index (χ1v) is 6.95. The molecule has 0 heterocycles. The van der Waals surface area contributed by atoms with E-state index >= 15 is 0 Å². The first kappa shape index (κ1) is 16.8. The predicted octanol–water partition coefficient (Wildman–Crippen LogP) is 0.605. The summed E-state index contributed by atoms with van der Waals surface area (Å²) >= 11 is 0. The monoisotopic (exact) mass is 280 g/mol. The Kier molecular flexibility index (Phi) is 7.50. The molecule has 1 unspecified atom stereocenters. The van der Waals surface area contributed by atoms with E-state index in [9.17, 15) is 14.2 Å². The van der Waals surface area contributed by atoms with Gasteiger partial charge in [-0.05, 0) is 0 Å². The van der Waals surface area contributed by atoms with Gasteiger partial charge in [-0.1, -0.05) is 13.5 Å². The summed E-state index contributed by atoms with van der Waals surface area (Å²) in [5.41, 5.74) is -1.07. The van der Waals surface area contributed by atoms with E-state index in [1.165, 1.54) is 6.92 Å². The number of hydrogen-bond acceptors (Lipinski definition) is 5. The van der Waals surface area contributed by atoms with E-state index in [2.05, 4.69) is 11.3 Å². The zero-order chi connectivity index (χ0) is 14.2. The molecular formula is C10H17O7P. The van der Waals surface area contributed by atoms with Crippen LogP contribution in [-0.2, 0) is 23.6 Å². The highest BCUT2D eigenvalue weighted by atomic mass is 31.2. The van der Waals surface area contributed by atoms with Gasteiger partial charge in [-0.25, -0.2) is 4.79 Å². The molecule has 0 saturated carbocycles. The van der Waals surface area contributed by atoms with Crippen molar-refractivity contribution in [3.63, 3.8) is 0 Å². The fraction of sp³-hybridized carbons (Fsp3) is 0.600. The molecule has 0 aromatic heterocycles. The van der Waals surface area contributed by atoms with Crippen LogP contribution in [0.25, 0.3) is 0 Å². The number of ether oxygens (including phenoxy) is 2. The van der Waals surface area contributed by atoms with Crippen LogP contribution in [0.2, 0.25) is 0 Å². The second-order valence-electron chi connectivity index (χ2n) is 3.59. The van der Waals surface area contributed by atoms with Gasteiger partial charge in [0.25, 0.3) is 0 Å². The molecule has 7 nitrogen and oxygen atoms in total. The van der Waals surface area contributed by atoms with Crippen molar-refractivity contribution in [2.75, 3.05) is 13.2 Å². The minimum atomic E-state index is -4.25. The molecule has 0 radical (unpaired) electrons. The SMILES string of the molecule is C=CC(=O)OCCCOC(=O)CC(C)P(=O)(O)O. The van der Waals surface area contributed by atoms with E-state index < -0.39 is 25.2 Å². The minimum absolute atomic E-state index is 0.0249. The lowest BCUT2D eigenvalue weighted by molar-refractivity contribution is -0.144. The lowest BCUT2D eigenvalue weighted by atomic mass is 10.3. The van der Waals surface area contributed by atoms with Crippen molar-refractivity contribution in [1.82, 2.24) is 0 Å². The third-order valence-electron chi connectivity index (χ3n) is 2.00. The van der Waals surface area contributed by atoms with Gasteiger partial charge in [0.05, 0.1) is 25.3 Å². The zero-order valence-electron chi connectivity index (χ0n) is 10.1. The summed E-state index contributed by atoms with van der Waals surface area (Å²) in [6.07, 6.45) is 0.986. The minimum Gasteiger partial charge on any atom is -0.466 e. The third-order valence-corrected chi connectivity index (χ3v) is 3.33. The second kappa shape index (κ2) is 8.02. The van der Waals surface area contributed by atoms with E-state index in [4.69, 9.17) is 14.5 Å². The van der Waals surface area contributed by atoms with Crippen LogP contribution < -0.4 is 0 Å². The highest BCUT2D eigenvalue weighted by molar-refractivity contribution is 7.52.